The maximum atomic E-state index is 14.2. The van der Waals surface area contributed by atoms with Gasteiger partial charge in [-0.3, -0.25) is 13.9 Å². The van der Waals surface area contributed by atoms with E-state index < -0.39 is 21.9 Å². The van der Waals surface area contributed by atoms with Crippen LogP contribution in [0.25, 0.3) is 0 Å². The van der Waals surface area contributed by atoms with Crippen molar-refractivity contribution in [2.75, 3.05) is 23.7 Å². The Morgan fingerprint density at radius 1 is 1.09 bits per heavy atom. The number of para-hydroxylation sites is 1. The molecule has 1 atom stereocenters. The van der Waals surface area contributed by atoms with Crippen LogP contribution in [0.2, 0.25) is 5.02 Å². The molecule has 2 aromatic carbocycles. The Bertz CT molecular complexity index is 1080. The Morgan fingerprint density at radius 3 is 2.29 bits per heavy atom. The molecule has 0 aromatic heterocycles. The summed E-state index contributed by atoms with van der Waals surface area (Å²) in [7, 11) is -3.76. The van der Waals surface area contributed by atoms with Crippen molar-refractivity contribution in [3.63, 3.8) is 0 Å². The van der Waals surface area contributed by atoms with E-state index in [4.69, 9.17) is 11.6 Å². The number of sulfonamides is 1. The van der Waals surface area contributed by atoms with Gasteiger partial charge in [0.2, 0.25) is 21.8 Å². The van der Waals surface area contributed by atoms with Gasteiger partial charge in [-0.2, -0.15) is 0 Å². The summed E-state index contributed by atoms with van der Waals surface area (Å²) in [5, 5.41) is 3.33. The number of amides is 2. The number of hydrogen-bond donors (Lipinski definition) is 1. The van der Waals surface area contributed by atoms with Crippen LogP contribution >= 0.6 is 11.6 Å². The second-order valence-electron chi connectivity index (χ2n) is 7.86. The van der Waals surface area contributed by atoms with E-state index in [0.29, 0.717) is 18.0 Å². The van der Waals surface area contributed by atoms with Crippen LogP contribution < -0.4 is 9.62 Å². The first-order valence-electron chi connectivity index (χ1n) is 11.1. The maximum Gasteiger partial charge on any atom is 0.242 e. The van der Waals surface area contributed by atoms with Gasteiger partial charge in [0.1, 0.15) is 11.9 Å². The van der Waals surface area contributed by atoms with Crippen LogP contribution in [-0.2, 0) is 26.2 Å². The van der Waals surface area contributed by atoms with Crippen molar-refractivity contribution in [2.24, 2.45) is 0 Å². The van der Waals surface area contributed by atoms with Gasteiger partial charge in [0.25, 0.3) is 0 Å². The van der Waals surface area contributed by atoms with Gasteiger partial charge < -0.3 is 10.2 Å². The van der Waals surface area contributed by atoms with Crippen molar-refractivity contribution in [1.82, 2.24) is 10.2 Å². The normalized spacial score (nSPS) is 12.1. The number of hydrogen-bond acceptors (Lipinski definition) is 4. The van der Waals surface area contributed by atoms with E-state index in [1.54, 1.807) is 37.3 Å². The average Bonchev–Trinajstić information content (AvgIpc) is 2.78. The summed E-state index contributed by atoms with van der Waals surface area (Å²) in [6.07, 6.45) is 1.55. The Labute approximate surface area is 205 Å². The van der Waals surface area contributed by atoms with E-state index in [0.717, 1.165) is 16.1 Å². The number of likely N-dealkylation sites (N-methyl/N-ethyl adjacent to an activating group) is 1. The summed E-state index contributed by atoms with van der Waals surface area (Å²) in [6.45, 7) is 4.20. The standard InChI is InChI=1S/C24H31ClFN3O4S/c1-4-21(24(31)27-5-2)28(17-18-12-14-19(25)15-13-18)23(30)11-8-16-29(34(3,32)33)22-10-7-6-9-20(22)26/h6-7,9-10,12-15,21H,4-5,8,11,16-17H2,1-3H3,(H,27,31)/t21-/m0/s1. The van der Waals surface area contributed by atoms with E-state index in [9.17, 15) is 22.4 Å². The number of benzene rings is 2. The van der Waals surface area contributed by atoms with E-state index in [-0.39, 0.29) is 43.4 Å². The molecule has 0 aliphatic heterocycles. The lowest BCUT2D eigenvalue weighted by Gasteiger charge is -2.31. The summed E-state index contributed by atoms with van der Waals surface area (Å²) in [4.78, 5) is 27.4. The highest BCUT2D eigenvalue weighted by molar-refractivity contribution is 7.92. The van der Waals surface area contributed by atoms with Crippen molar-refractivity contribution in [1.29, 1.82) is 0 Å². The molecule has 2 aromatic rings. The highest BCUT2D eigenvalue weighted by atomic mass is 35.5. The molecule has 7 nitrogen and oxygen atoms in total. The molecule has 2 rings (SSSR count). The first-order chi connectivity index (χ1) is 16.1. The Balaban J connectivity index is 2.20. The zero-order valence-electron chi connectivity index (χ0n) is 19.6. The zero-order valence-corrected chi connectivity index (χ0v) is 21.2. The van der Waals surface area contributed by atoms with Gasteiger partial charge in [-0.1, -0.05) is 42.8 Å². The molecule has 0 radical (unpaired) electrons. The lowest BCUT2D eigenvalue weighted by Crippen LogP contribution is -2.49. The van der Waals surface area contributed by atoms with Crippen molar-refractivity contribution in [3.8, 4) is 0 Å². The number of anilines is 1. The molecule has 0 fully saturated rings. The van der Waals surface area contributed by atoms with Gasteiger partial charge in [0.15, 0.2) is 0 Å². The fourth-order valence-electron chi connectivity index (χ4n) is 3.63. The summed E-state index contributed by atoms with van der Waals surface area (Å²) in [5.41, 5.74) is 0.744. The van der Waals surface area contributed by atoms with Crippen molar-refractivity contribution >= 4 is 39.1 Å². The quantitative estimate of drug-likeness (QED) is 0.467. The molecule has 0 saturated heterocycles. The van der Waals surface area contributed by atoms with Crippen LogP contribution in [0.4, 0.5) is 10.1 Å². The summed E-state index contributed by atoms with van der Waals surface area (Å²) in [5.74, 6) is -1.21. The van der Waals surface area contributed by atoms with Gasteiger partial charge in [-0.25, -0.2) is 12.8 Å². The minimum absolute atomic E-state index is 0.00995. The third-order valence-electron chi connectivity index (χ3n) is 5.28. The number of nitrogens with one attached hydrogen (secondary N) is 1. The molecule has 10 heteroatoms. The second kappa shape index (κ2) is 12.7. The second-order valence-corrected chi connectivity index (χ2v) is 10.2. The van der Waals surface area contributed by atoms with E-state index in [1.165, 1.54) is 23.1 Å². The first-order valence-corrected chi connectivity index (χ1v) is 13.3. The van der Waals surface area contributed by atoms with Crippen molar-refractivity contribution in [2.45, 2.75) is 45.7 Å². The topological polar surface area (TPSA) is 86.8 Å². The first kappa shape index (κ1) is 27.6. The highest BCUT2D eigenvalue weighted by Gasteiger charge is 2.28. The molecule has 2 amide bonds. The van der Waals surface area contributed by atoms with Gasteiger partial charge in [0, 0.05) is 31.1 Å². The van der Waals surface area contributed by atoms with Crippen LogP contribution in [0.5, 0.6) is 0 Å². The molecule has 0 unspecified atom stereocenters. The third-order valence-corrected chi connectivity index (χ3v) is 6.71. The van der Waals surface area contributed by atoms with Crippen LogP contribution in [0.1, 0.15) is 38.7 Å². The minimum atomic E-state index is -3.76. The summed E-state index contributed by atoms with van der Waals surface area (Å²) < 4.78 is 39.7. The number of nitrogens with zero attached hydrogens (tertiary/aromatic N) is 2. The Kier molecular flexibility index (Phi) is 10.3. The van der Waals surface area contributed by atoms with Crippen molar-refractivity contribution < 1.29 is 22.4 Å². The van der Waals surface area contributed by atoms with Gasteiger partial charge >= 0.3 is 0 Å². The molecule has 0 heterocycles. The molecule has 0 saturated carbocycles. The SMILES string of the molecule is CCNC(=O)[C@H](CC)N(Cc1ccc(Cl)cc1)C(=O)CCCN(c1ccccc1F)S(C)(=O)=O. The summed E-state index contributed by atoms with van der Waals surface area (Å²) >= 11 is 5.96. The lowest BCUT2D eigenvalue weighted by atomic mass is 10.1. The van der Waals surface area contributed by atoms with Crippen LogP contribution in [0.15, 0.2) is 48.5 Å². The Hall–Kier alpha value is -2.65. The molecule has 34 heavy (non-hydrogen) atoms. The lowest BCUT2D eigenvalue weighted by molar-refractivity contribution is -0.141. The molecule has 1 N–H and O–H groups in total. The molecule has 0 spiro atoms. The number of rotatable bonds is 12. The predicted octanol–water partition coefficient (Wildman–Crippen LogP) is 3.97. The fourth-order valence-corrected chi connectivity index (χ4v) is 4.73. The molecule has 0 aliphatic rings. The van der Waals surface area contributed by atoms with Crippen molar-refractivity contribution in [3.05, 3.63) is 64.9 Å². The molecule has 0 bridgehead atoms. The summed E-state index contributed by atoms with van der Waals surface area (Å²) in [6, 6.07) is 11.9. The maximum absolute atomic E-state index is 14.2. The predicted molar refractivity (Wildman–Crippen MR) is 133 cm³/mol. The zero-order chi connectivity index (χ0) is 25.3. The van der Waals surface area contributed by atoms with Crippen LogP contribution in [0, 0.1) is 5.82 Å². The van der Waals surface area contributed by atoms with Gasteiger partial charge in [-0.05, 0) is 49.6 Å². The number of carbonyl (C=O) groups excluding carboxylic acids is 2. The minimum Gasteiger partial charge on any atom is -0.355 e. The fraction of sp³-hybridized carbons (Fsp3) is 0.417. The van der Waals surface area contributed by atoms with E-state index in [1.807, 2.05) is 6.92 Å². The average molecular weight is 512 g/mol. The molecule has 0 aliphatic carbocycles. The van der Waals surface area contributed by atoms with E-state index in [2.05, 4.69) is 5.32 Å². The Morgan fingerprint density at radius 2 is 1.74 bits per heavy atom. The van der Waals surface area contributed by atoms with Crippen LogP contribution in [-0.4, -0.2) is 50.5 Å². The van der Waals surface area contributed by atoms with Gasteiger partial charge in [0.05, 0.1) is 11.9 Å². The number of halogens is 2. The van der Waals surface area contributed by atoms with Crippen LogP contribution in [0.3, 0.4) is 0 Å². The highest BCUT2D eigenvalue weighted by Crippen LogP contribution is 2.22. The smallest absolute Gasteiger partial charge is 0.242 e. The number of carbonyl (C=O) groups is 2. The molecule has 186 valence electrons. The molecular formula is C24H31ClFN3O4S. The third kappa shape index (κ3) is 7.70. The van der Waals surface area contributed by atoms with Gasteiger partial charge in [-0.15, -0.1) is 0 Å². The monoisotopic (exact) mass is 511 g/mol. The largest absolute Gasteiger partial charge is 0.355 e. The van der Waals surface area contributed by atoms with E-state index >= 15 is 0 Å². The molecular weight excluding hydrogens is 481 g/mol.